The lowest BCUT2D eigenvalue weighted by Crippen LogP contribution is -2.38. The number of benzene rings is 2. The third-order valence-electron chi connectivity index (χ3n) is 5.38. The molecule has 0 bridgehead atoms. The third-order valence-corrected chi connectivity index (χ3v) is 5.38. The van der Waals surface area contributed by atoms with E-state index < -0.39 is 0 Å². The van der Waals surface area contributed by atoms with Gasteiger partial charge in [-0.3, -0.25) is 0 Å². The molecule has 2 heterocycles. The topological polar surface area (TPSA) is 51.4 Å². The Bertz CT molecular complexity index is 903. The molecular formula is C24H28N3O2. The van der Waals surface area contributed by atoms with Gasteiger partial charge < -0.3 is 14.1 Å². The van der Waals surface area contributed by atoms with Crippen LogP contribution in [0.3, 0.4) is 0 Å². The second kappa shape index (κ2) is 8.68. The number of para-hydroxylation sites is 1. The minimum absolute atomic E-state index is 0.101. The first-order valence-corrected chi connectivity index (χ1v) is 10.3. The van der Waals surface area contributed by atoms with Gasteiger partial charge in [0.1, 0.15) is 5.75 Å². The van der Waals surface area contributed by atoms with Crippen LogP contribution in [0.4, 0.5) is 5.69 Å². The van der Waals surface area contributed by atoms with Crippen molar-refractivity contribution in [2.45, 2.75) is 45.1 Å². The predicted molar refractivity (Wildman–Crippen MR) is 115 cm³/mol. The average molecular weight is 391 g/mol. The lowest BCUT2D eigenvalue weighted by molar-refractivity contribution is 0.304. The summed E-state index contributed by atoms with van der Waals surface area (Å²) in [5.74, 6) is 2.17. The number of rotatable bonds is 8. The van der Waals surface area contributed by atoms with Gasteiger partial charge in [-0.05, 0) is 75.9 Å². The van der Waals surface area contributed by atoms with Crippen LogP contribution in [0.25, 0.3) is 11.5 Å². The summed E-state index contributed by atoms with van der Waals surface area (Å²) in [6, 6.07) is 18.3. The molecule has 3 aromatic rings. The Morgan fingerprint density at radius 2 is 1.79 bits per heavy atom. The second-order valence-corrected chi connectivity index (χ2v) is 7.96. The summed E-state index contributed by atoms with van der Waals surface area (Å²) >= 11 is 0. The van der Waals surface area contributed by atoms with Crippen LogP contribution in [-0.4, -0.2) is 28.9 Å². The molecule has 151 valence electrons. The van der Waals surface area contributed by atoms with E-state index in [1.54, 1.807) is 0 Å². The van der Waals surface area contributed by atoms with E-state index in [4.69, 9.17) is 9.15 Å². The molecule has 1 fully saturated rings. The molecule has 0 unspecified atom stereocenters. The van der Waals surface area contributed by atoms with Crippen molar-refractivity contribution in [1.82, 2.24) is 10.2 Å². The summed E-state index contributed by atoms with van der Waals surface area (Å²) in [4.78, 5) is 2.42. The molecule has 4 rings (SSSR count). The predicted octanol–water partition coefficient (Wildman–Crippen LogP) is 5.33. The number of aryl methyl sites for hydroxylation is 1. The van der Waals surface area contributed by atoms with E-state index in [2.05, 4.69) is 59.6 Å². The standard InChI is InChI=1S/C24H28N3O2/c1-24(2)16-8-17-27(24)20-14-12-19(13-15-20)23-26-25-22(29-23)11-6-7-18-28-21-9-4-3-5-10-21/h3-5,9-10,12-16H,6-8,11,17-18H2,1-2H3. The molecule has 0 aliphatic carbocycles. The Morgan fingerprint density at radius 3 is 2.52 bits per heavy atom. The van der Waals surface area contributed by atoms with Crippen molar-refractivity contribution in [3.05, 3.63) is 66.9 Å². The van der Waals surface area contributed by atoms with Crippen LogP contribution in [-0.2, 0) is 6.42 Å². The second-order valence-electron chi connectivity index (χ2n) is 7.96. The fourth-order valence-corrected chi connectivity index (χ4v) is 3.75. The highest BCUT2D eigenvalue weighted by Gasteiger charge is 2.32. The molecule has 0 spiro atoms. The minimum atomic E-state index is 0.101. The van der Waals surface area contributed by atoms with E-state index >= 15 is 0 Å². The Labute approximate surface area is 172 Å². The summed E-state index contributed by atoms with van der Waals surface area (Å²) in [5, 5.41) is 8.42. The monoisotopic (exact) mass is 390 g/mol. The summed E-state index contributed by atoms with van der Waals surface area (Å²) in [6.07, 6.45) is 6.16. The van der Waals surface area contributed by atoms with Gasteiger partial charge in [0.15, 0.2) is 0 Å². The number of nitrogens with zero attached hydrogens (tertiary/aromatic N) is 3. The molecule has 1 radical (unpaired) electrons. The number of anilines is 1. The zero-order chi connectivity index (χ0) is 20.1. The van der Waals surface area contributed by atoms with Crippen LogP contribution in [0.1, 0.15) is 39.0 Å². The summed E-state index contributed by atoms with van der Waals surface area (Å²) < 4.78 is 11.6. The van der Waals surface area contributed by atoms with Crippen molar-refractivity contribution < 1.29 is 9.15 Å². The lowest BCUT2D eigenvalue weighted by atomic mass is 10.0. The highest BCUT2D eigenvalue weighted by molar-refractivity contribution is 5.60. The minimum Gasteiger partial charge on any atom is -0.494 e. The normalized spacial score (nSPS) is 15.6. The Hall–Kier alpha value is -2.82. The van der Waals surface area contributed by atoms with Crippen LogP contribution in [0.15, 0.2) is 59.0 Å². The summed E-state index contributed by atoms with van der Waals surface area (Å²) in [7, 11) is 0. The largest absolute Gasteiger partial charge is 0.494 e. The zero-order valence-corrected chi connectivity index (χ0v) is 17.2. The van der Waals surface area contributed by atoms with Crippen LogP contribution >= 0.6 is 0 Å². The van der Waals surface area contributed by atoms with Crippen molar-refractivity contribution in [2.75, 3.05) is 18.1 Å². The highest BCUT2D eigenvalue weighted by Crippen LogP contribution is 2.33. The van der Waals surface area contributed by atoms with E-state index in [9.17, 15) is 0 Å². The Morgan fingerprint density at radius 1 is 1.00 bits per heavy atom. The van der Waals surface area contributed by atoms with Gasteiger partial charge in [-0.25, -0.2) is 0 Å². The molecule has 1 aromatic heterocycles. The van der Waals surface area contributed by atoms with Gasteiger partial charge in [0, 0.05) is 29.8 Å². The Balaban J connectivity index is 1.27. The maximum absolute atomic E-state index is 5.86. The van der Waals surface area contributed by atoms with Gasteiger partial charge in [0.2, 0.25) is 11.8 Å². The summed E-state index contributed by atoms with van der Waals surface area (Å²) in [6.45, 7) is 6.26. The Kier molecular flexibility index (Phi) is 5.84. The van der Waals surface area contributed by atoms with Crippen LogP contribution in [0.5, 0.6) is 5.75 Å². The molecule has 5 heteroatoms. The van der Waals surface area contributed by atoms with Crippen LogP contribution < -0.4 is 9.64 Å². The third kappa shape index (κ3) is 4.78. The first-order valence-electron chi connectivity index (χ1n) is 10.3. The fraction of sp³-hybridized carbons (Fsp3) is 0.375. The van der Waals surface area contributed by atoms with E-state index in [1.165, 1.54) is 5.69 Å². The van der Waals surface area contributed by atoms with Gasteiger partial charge >= 0.3 is 0 Å². The van der Waals surface area contributed by atoms with E-state index in [0.717, 1.165) is 43.5 Å². The number of unbranched alkanes of at least 4 members (excludes halogenated alkanes) is 1. The number of aromatic nitrogens is 2. The van der Waals surface area contributed by atoms with Crippen molar-refractivity contribution in [2.24, 2.45) is 0 Å². The van der Waals surface area contributed by atoms with Gasteiger partial charge in [-0.15, -0.1) is 10.2 Å². The average Bonchev–Trinajstić information content (AvgIpc) is 3.35. The quantitative estimate of drug-likeness (QED) is 0.487. The number of ether oxygens (including phenoxy) is 1. The highest BCUT2D eigenvalue weighted by atomic mass is 16.5. The maximum Gasteiger partial charge on any atom is 0.247 e. The molecule has 1 saturated heterocycles. The van der Waals surface area contributed by atoms with E-state index in [1.807, 2.05) is 30.3 Å². The van der Waals surface area contributed by atoms with Crippen LogP contribution in [0.2, 0.25) is 0 Å². The number of hydrogen-bond donors (Lipinski definition) is 0. The molecule has 1 aliphatic heterocycles. The first kappa shape index (κ1) is 19.5. The molecule has 2 aromatic carbocycles. The van der Waals surface area contributed by atoms with Crippen molar-refractivity contribution in [1.29, 1.82) is 0 Å². The summed E-state index contributed by atoms with van der Waals surface area (Å²) in [5.41, 5.74) is 2.29. The first-order chi connectivity index (χ1) is 14.1. The SMILES string of the molecule is CC1(C)[CH]CCN1c1ccc(-c2nnc(CCCCOc3ccccc3)o2)cc1. The van der Waals surface area contributed by atoms with Gasteiger partial charge in [0.25, 0.3) is 0 Å². The molecule has 0 atom stereocenters. The number of hydrogen-bond acceptors (Lipinski definition) is 5. The van der Waals surface area contributed by atoms with Gasteiger partial charge in [0.05, 0.1) is 6.61 Å². The van der Waals surface area contributed by atoms with Crippen molar-refractivity contribution in [3.8, 4) is 17.2 Å². The molecule has 1 aliphatic rings. The van der Waals surface area contributed by atoms with E-state index in [0.29, 0.717) is 18.4 Å². The molecule has 0 N–H and O–H groups in total. The van der Waals surface area contributed by atoms with Crippen molar-refractivity contribution in [3.63, 3.8) is 0 Å². The zero-order valence-electron chi connectivity index (χ0n) is 17.2. The molecule has 0 amide bonds. The van der Waals surface area contributed by atoms with Gasteiger partial charge in [-0.1, -0.05) is 18.2 Å². The van der Waals surface area contributed by atoms with Gasteiger partial charge in [-0.2, -0.15) is 0 Å². The molecular weight excluding hydrogens is 362 g/mol. The van der Waals surface area contributed by atoms with Crippen LogP contribution in [0, 0.1) is 6.42 Å². The molecule has 5 nitrogen and oxygen atoms in total. The van der Waals surface area contributed by atoms with Crippen molar-refractivity contribution >= 4 is 5.69 Å². The smallest absolute Gasteiger partial charge is 0.247 e. The van der Waals surface area contributed by atoms with E-state index in [-0.39, 0.29) is 5.54 Å². The maximum atomic E-state index is 5.86. The molecule has 29 heavy (non-hydrogen) atoms. The lowest BCUT2D eigenvalue weighted by Gasteiger charge is -2.33. The molecule has 0 saturated carbocycles. The fourth-order valence-electron chi connectivity index (χ4n) is 3.75.